The predicted molar refractivity (Wildman–Crippen MR) is 73.3 cm³/mol. The van der Waals surface area contributed by atoms with Crippen LogP contribution in [0.5, 0.6) is 0 Å². The van der Waals surface area contributed by atoms with Crippen molar-refractivity contribution in [2.24, 2.45) is 5.92 Å². The number of carbonyl (C=O) groups is 2. The second-order valence-corrected chi connectivity index (χ2v) is 5.19. The number of hydrogen-bond acceptors (Lipinski definition) is 3. The topological polar surface area (TPSA) is 52.7 Å². The second kappa shape index (κ2) is 8.08. The Morgan fingerprint density at radius 2 is 1.72 bits per heavy atom. The SMILES string of the molecule is CCCN(C)C(=O)CNC(=O)C(C(C)C)N(C)C. The van der Waals surface area contributed by atoms with Crippen LogP contribution in [0, 0.1) is 5.92 Å². The number of nitrogens with one attached hydrogen (secondary N) is 1. The molecule has 0 aliphatic carbocycles. The van der Waals surface area contributed by atoms with Crippen LogP contribution in [-0.4, -0.2) is 61.9 Å². The van der Waals surface area contributed by atoms with Gasteiger partial charge in [0.1, 0.15) is 0 Å². The Labute approximate surface area is 111 Å². The fourth-order valence-electron chi connectivity index (χ4n) is 2.00. The van der Waals surface area contributed by atoms with Gasteiger partial charge in [-0.25, -0.2) is 0 Å². The van der Waals surface area contributed by atoms with E-state index in [4.69, 9.17) is 0 Å². The number of amides is 2. The van der Waals surface area contributed by atoms with E-state index in [0.29, 0.717) is 0 Å². The lowest BCUT2D eigenvalue weighted by molar-refractivity contribution is -0.133. The van der Waals surface area contributed by atoms with Gasteiger partial charge in [0, 0.05) is 13.6 Å². The molecule has 0 fully saturated rings. The summed E-state index contributed by atoms with van der Waals surface area (Å²) in [5, 5.41) is 2.71. The largest absolute Gasteiger partial charge is 0.346 e. The highest BCUT2D eigenvalue weighted by Gasteiger charge is 2.24. The van der Waals surface area contributed by atoms with Gasteiger partial charge in [-0.05, 0) is 26.4 Å². The number of nitrogens with zero attached hydrogens (tertiary/aromatic N) is 2. The number of hydrogen-bond donors (Lipinski definition) is 1. The van der Waals surface area contributed by atoms with Gasteiger partial charge in [0.2, 0.25) is 11.8 Å². The van der Waals surface area contributed by atoms with E-state index >= 15 is 0 Å². The number of carbonyl (C=O) groups excluding carboxylic acids is 2. The highest BCUT2D eigenvalue weighted by Crippen LogP contribution is 2.07. The van der Waals surface area contributed by atoms with E-state index in [2.05, 4.69) is 5.32 Å². The Morgan fingerprint density at radius 1 is 1.17 bits per heavy atom. The van der Waals surface area contributed by atoms with Gasteiger partial charge in [-0.3, -0.25) is 14.5 Å². The minimum absolute atomic E-state index is 0.0496. The zero-order valence-electron chi connectivity index (χ0n) is 12.5. The number of likely N-dealkylation sites (N-methyl/N-ethyl adjacent to an activating group) is 2. The fraction of sp³-hybridized carbons (Fsp3) is 0.846. The normalized spacial score (nSPS) is 12.7. The standard InChI is InChI=1S/C13H27N3O2/c1-7-8-16(6)11(17)9-14-13(18)12(10(2)3)15(4)5/h10,12H,7-9H2,1-6H3,(H,14,18). The van der Waals surface area contributed by atoms with Crippen LogP contribution >= 0.6 is 0 Å². The van der Waals surface area contributed by atoms with E-state index in [0.717, 1.165) is 13.0 Å². The van der Waals surface area contributed by atoms with Crippen LogP contribution in [0.1, 0.15) is 27.2 Å². The van der Waals surface area contributed by atoms with Gasteiger partial charge in [-0.2, -0.15) is 0 Å². The monoisotopic (exact) mass is 257 g/mol. The summed E-state index contributed by atoms with van der Waals surface area (Å²) in [6.45, 7) is 6.80. The van der Waals surface area contributed by atoms with Crippen molar-refractivity contribution < 1.29 is 9.59 Å². The molecule has 1 atom stereocenters. The van der Waals surface area contributed by atoms with Crippen LogP contribution in [0.3, 0.4) is 0 Å². The first-order valence-electron chi connectivity index (χ1n) is 6.49. The van der Waals surface area contributed by atoms with Gasteiger partial charge in [0.25, 0.3) is 0 Å². The first kappa shape index (κ1) is 16.9. The Balaban J connectivity index is 4.28. The fourth-order valence-corrected chi connectivity index (χ4v) is 2.00. The highest BCUT2D eigenvalue weighted by atomic mass is 16.2. The minimum Gasteiger partial charge on any atom is -0.346 e. The third-order valence-corrected chi connectivity index (χ3v) is 2.86. The highest BCUT2D eigenvalue weighted by molar-refractivity contribution is 5.87. The van der Waals surface area contributed by atoms with Gasteiger partial charge in [-0.1, -0.05) is 20.8 Å². The molecule has 0 saturated carbocycles. The maximum Gasteiger partial charge on any atom is 0.241 e. The molecule has 1 N–H and O–H groups in total. The van der Waals surface area contributed by atoms with Crippen LogP contribution in [-0.2, 0) is 9.59 Å². The summed E-state index contributed by atoms with van der Waals surface area (Å²) in [6, 6.07) is -0.200. The molecule has 106 valence electrons. The Morgan fingerprint density at radius 3 is 2.11 bits per heavy atom. The molecule has 5 heteroatoms. The molecular weight excluding hydrogens is 230 g/mol. The second-order valence-electron chi connectivity index (χ2n) is 5.19. The maximum absolute atomic E-state index is 12.0. The Bertz CT molecular complexity index is 269. The Hall–Kier alpha value is -1.10. The molecule has 0 bridgehead atoms. The zero-order chi connectivity index (χ0) is 14.3. The molecule has 2 amide bonds. The van der Waals surface area contributed by atoms with Crippen molar-refractivity contribution in [3.05, 3.63) is 0 Å². The summed E-state index contributed by atoms with van der Waals surface area (Å²) >= 11 is 0. The summed E-state index contributed by atoms with van der Waals surface area (Å²) in [5.74, 6) is 0.0724. The summed E-state index contributed by atoms with van der Waals surface area (Å²) in [6.07, 6.45) is 0.919. The molecule has 0 aliphatic rings. The van der Waals surface area contributed by atoms with Gasteiger partial charge < -0.3 is 10.2 Å². The van der Waals surface area contributed by atoms with Crippen molar-refractivity contribution in [1.29, 1.82) is 0 Å². The first-order chi connectivity index (χ1) is 8.31. The molecule has 1 unspecified atom stereocenters. The summed E-state index contributed by atoms with van der Waals surface area (Å²) in [4.78, 5) is 27.2. The summed E-state index contributed by atoms with van der Waals surface area (Å²) in [5.41, 5.74) is 0. The van der Waals surface area contributed by atoms with E-state index in [-0.39, 0.29) is 30.3 Å². The van der Waals surface area contributed by atoms with Crippen molar-refractivity contribution in [1.82, 2.24) is 15.1 Å². The molecule has 0 spiro atoms. The van der Waals surface area contributed by atoms with E-state index < -0.39 is 0 Å². The van der Waals surface area contributed by atoms with Crippen LogP contribution in [0.4, 0.5) is 0 Å². The maximum atomic E-state index is 12.0. The van der Waals surface area contributed by atoms with E-state index in [1.54, 1.807) is 11.9 Å². The molecule has 0 aromatic rings. The van der Waals surface area contributed by atoms with Crippen molar-refractivity contribution in [2.75, 3.05) is 34.2 Å². The molecule has 0 rings (SSSR count). The van der Waals surface area contributed by atoms with Crippen LogP contribution in [0.25, 0.3) is 0 Å². The molecule has 0 heterocycles. The third kappa shape index (κ3) is 5.49. The van der Waals surface area contributed by atoms with Crippen molar-refractivity contribution in [2.45, 2.75) is 33.2 Å². The van der Waals surface area contributed by atoms with E-state index in [9.17, 15) is 9.59 Å². The van der Waals surface area contributed by atoms with E-state index in [1.807, 2.05) is 39.8 Å². The molecule has 0 aliphatic heterocycles. The molecule has 0 aromatic heterocycles. The van der Waals surface area contributed by atoms with Gasteiger partial charge in [-0.15, -0.1) is 0 Å². The lowest BCUT2D eigenvalue weighted by Gasteiger charge is -2.27. The average molecular weight is 257 g/mol. The third-order valence-electron chi connectivity index (χ3n) is 2.86. The van der Waals surface area contributed by atoms with Gasteiger partial charge in [0.15, 0.2) is 0 Å². The Kier molecular flexibility index (Phi) is 7.59. The lowest BCUT2D eigenvalue weighted by Crippen LogP contribution is -2.49. The molecule has 0 saturated heterocycles. The van der Waals surface area contributed by atoms with Crippen LogP contribution in [0.2, 0.25) is 0 Å². The lowest BCUT2D eigenvalue weighted by atomic mass is 10.0. The van der Waals surface area contributed by atoms with Crippen molar-refractivity contribution in [3.8, 4) is 0 Å². The first-order valence-corrected chi connectivity index (χ1v) is 6.49. The number of rotatable bonds is 7. The molecule has 5 nitrogen and oxygen atoms in total. The van der Waals surface area contributed by atoms with Crippen LogP contribution < -0.4 is 5.32 Å². The summed E-state index contributed by atoms with van der Waals surface area (Å²) < 4.78 is 0. The van der Waals surface area contributed by atoms with Crippen LogP contribution in [0.15, 0.2) is 0 Å². The zero-order valence-corrected chi connectivity index (χ0v) is 12.5. The molecule has 0 aromatic carbocycles. The predicted octanol–water partition coefficient (Wildman–Crippen LogP) is 0.557. The quantitative estimate of drug-likeness (QED) is 0.725. The minimum atomic E-state index is -0.200. The molecule has 18 heavy (non-hydrogen) atoms. The van der Waals surface area contributed by atoms with Crippen molar-refractivity contribution >= 4 is 11.8 Å². The summed E-state index contributed by atoms with van der Waals surface area (Å²) in [7, 11) is 5.49. The van der Waals surface area contributed by atoms with Gasteiger partial charge >= 0.3 is 0 Å². The van der Waals surface area contributed by atoms with E-state index in [1.165, 1.54) is 0 Å². The smallest absolute Gasteiger partial charge is 0.241 e. The average Bonchev–Trinajstić information content (AvgIpc) is 2.25. The molecular formula is C13H27N3O2. The molecule has 0 radical (unpaired) electrons. The van der Waals surface area contributed by atoms with Gasteiger partial charge in [0.05, 0.1) is 12.6 Å². The van der Waals surface area contributed by atoms with Crippen molar-refractivity contribution in [3.63, 3.8) is 0 Å².